The standard InChI is InChI=1S/C22H30Cl2N2O2/c1-4-6-7-8-9-14-27-28-18-12-10-17(11-13-18)22-25-20(23)19(21(24)26-22)15-16(3)5-2/h10-13,16H,4-9,14-15H2,1-3H3. The number of halogens is 2. The van der Waals surface area contributed by atoms with Crippen molar-refractivity contribution in [3.05, 3.63) is 40.1 Å². The highest BCUT2D eigenvalue weighted by Gasteiger charge is 2.15. The predicted octanol–water partition coefficient (Wildman–Crippen LogP) is 7.32. The van der Waals surface area contributed by atoms with Gasteiger partial charge in [-0.25, -0.2) is 9.97 Å². The van der Waals surface area contributed by atoms with Crippen LogP contribution in [0.3, 0.4) is 0 Å². The first kappa shape index (κ1) is 22.9. The first-order valence-electron chi connectivity index (χ1n) is 10.2. The molecule has 6 heteroatoms. The summed E-state index contributed by atoms with van der Waals surface area (Å²) in [5.41, 5.74) is 1.64. The number of benzene rings is 1. The van der Waals surface area contributed by atoms with E-state index < -0.39 is 0 Å². The molecule has 0 aliphatic heterocycles. The minimum Gasteiger partial charge on any atom is -0.338 e. The first-order chi connectivity index (χ1) is 13.5. The summed E-state index contributed by atoms with van der Waals surface area (Å²) in [5.74, 6) is 1.63. The minimum atomic E-state index is 0.419. The van der Waals surface area contributed by atoms with Gasteiger partial charge in [0, 0.05) is 11.1 Å². The zero-order valence-electron chi connectivity index (χ0n) is 17.0. The van der Waals surface area contributed by atoms with E-state index in [1.165, 1.54) is 25.7 Å². The Morgan fingerprint density at radius 3 is 2.18 bits per heavy atom. The van der Waals surface area contributed by atoms with Gasteiger partial charge < -0.3 is 4.89 Å². The molecule has 4 nitrogen and oxygen atoms in total. The topological polar surface area (TPSA) is 44.2 Å². The van der Waals surface area contributed by atoms with Gasteiger partial charge >= 0.3 is 0 Å². The second-order valence-corrected chi connectivity index (χ2v) is 7.88. The summed E-state index contributed by atoms with van der Waals surface area (Å²) in [4.78, 5) is 19.5. The van der Waals surface area contributed by atoms with E-state index in [9.17, 15) is 0 Å². The van der Waals surface area contributed by atoms with Gasteiger partial charge in [0.25, 0.3) is 0 Å². The molecule has 0 saturated heterocycles. The Labute approximate surface area is 178 Å². The van der Waals surface area contributed by atoms with Crippen LogP contribution in [0.2, 0.25) is 10.3 Å². The van der Waals surface area contributed by atoms with Gasteiger partial charge in [-0.15, -0.1) is 0 Å². The van der Waals surface area contributed by atoms with Gasteiger partial charge in [-0.05, 0) is 43.0 Å². The molecule has 1 heterocycles. The summed E-state index contributed by atoms with van der Waals surface area (Å²) in [6.07, 6.45) is 7.76. The van der Waals surface area contributed by atoms with Crippen LogP contribution < -0.4 is 4.89 Å². The molecule has 0 aliphatic rings. The van der Waals surface area contributed by atoms with E-state index in [4.69, 9.17) is 33.0 Å². The fourth-order valence-corrected chi connectivity index (χ4v) is 3.30. The maximum absolute atomic E-state index is 6.37. The summed E-state index contributed by atoms with van der Waals surface area (Å²) in [6, 6.07) is 7.39. The van der Waals surface area contributed by atoms with Crippen molar-refractivity contribution in [3.8, 4) is 17.1 Å². The Hall–Kier alpha value is -1.36. The van der Waals surface area contributed by atoms with Crippen molar-refractivity contribution in [1.82, 2.24) is 9.97 Å². The van der Waals surface area contributed by atoms with Gasteiger partial charge in [0.1, 0.15) is 10.3 Å². The highest BCUT2D eigenvalue weighted by atomic mass is 35.5. The molecular formula is C22H30Cl2N2O2. The first-order valence-corrected chi connectivity index (χ1v) is 10.9. The van der Waals surface area contributed by atoms with Gasteiger partial charge in [-0.3, -0.25) is 0 Å². The van der Waals surface area contributed by atoms with Gasteiger partial charge in [0.2, 0.25) is 0 Å². The highest BCUT2D eigenvalue weighted by Crippen LogP contribution is 2.29. The van der Waals surface area contributed by atoms with Crippen molar-refractivity contribution in [2.45, 2.75) is 65.7 Å². The van der Waals surface area contributed by atoms with E-state index in [1.807, 2.05) is 24.3 Å². The Balaban J connectivity index is 1.92. The minimum absolute atomic E-state index is 0.419. The second kappa shape index (κ2) is 12.3. The molecule has 0 aliphatic carbocycles. The number of aromatic nitrogens is 2. The molecule has 0 N–H and O–H groups in total. The lowest BCUT2D eigenvalue weighted by Gasteiger charge is -2.12. The molecule has 1 aromatic heterocycles. The molecule has 1 unspecified atom stereocenters. The zero-order valence-corrected chi connectivity index (χ0v) is 18.5. The summed E-state index contributed by atoms with van der Waals surface area (Å²) in [5, 5.41) is 0.837. The van der Waals surface area contributed by atoms with Gasteiger partial charge in [0.15, 0.2) is 11.6 Å². The number of nitrogens with zero attached hydrogens (tertiary/aromatic N) is 2. The maximum Gasteiger partial charge on any atom is 0.165 e. The number of hydrogen-bond acceptors (Lipinski definition) is 4. The van der Waals surface area contributed by atoms with Crippen LogP contribution in [0.1, 0.15) is 64.9 Å². The molecule has 0 spiro atoms. The molecular weight excluding hydrogens is 395 g/mol. The summed E-state index contributed by atoms with van der Waals surface area (Å²) >= 11 is 12.7. The molecule has 2 aromatic rings. The Morgan fingerprint density at radius 1 is 0.929 bits per heavy atom. The van der Waals surface area contributed by atoms with Crippen LogP contribution in [-0.2, 0) is 11.3 Å². The summed E-state index contributed by atoms with van der Waals surface area (Å²) in [7, 11) is 0. The Morgan fingerprint density at radius 2 is 1.57 bits per heavy atom. The smallest absolute Gasteiger partial charge is 0.165 e. The van der Waals surface area contributed by atoms with Crippen molar-refractivity contribution in [1.29, 1.82) is 0 Å². The van der Waals surface area contributed by atoms with Crippen LogP contribution in [0.15, 0.2) is 24.3 Å². The Kier molecular flexibility index (Phi) is 10.0. The van der Waals surface area contributed by atoms with Crippen molar-refractivity contribution in [2.75, 3.05) is 6.61 Å². The largest absolute Gasteiger partial charge is 0.338 e. The lowest BCUT2D eigenvalue weighted by Crippen LogP contribution is -2.03. The van der Waals surface area contributed by atoms with Crippen molar-refractivity contribution in [2.24, 2.45) is 5.92 Å². The monoisotopic (exact) mass is 424 g/mol. The van der Waals surface area contributed by atoms with E-state index in [-0.39, 0.29) is 0 Å². The molecule has 0 saturated carbocycles. The lowest BCUT2D eigenvalue weighted by atomic mass is 10.0. The van der Waals surface area contributed by atoms with Crippen LogP contribution >= 0.6 is 23.2 Å². The van der Waals surface area contributed by atoms with Gasteiger partial charge in [-0.1, -0.05) is 76.1 Å². The van der Waals surface area contributed by atoms with Crippen LogP contribution in [0, 0.1) is 5.92 Å². The average molecular weight is 425 g/mol. The average Bonchev–Trinajstić information content (AvgIpc) is 2.70. The molecule has 2 rings (SSSR count). The third-order valence-electron chi connectivity index (χ3n) is 4.75. The van der Waals surface area contributed by atoms with Crippen molar-refractivity contribution >= 4 is 23.2 Å². The van der Waals surface area contributed by atoms with Gasteiger partial charge in [0.05, 0.1) is 6.61 Å². The number of unbranched alkanes of at least 4 members (excludes halogenated alkanes) is 4. The second-order valence-electron chi connectivity index (χ2n) is 7.17. The Bertz CT molecular complexity index is 700. The van der Waals surface area contributed by atoms with Crippen molar-refractivity contribution < 1.29 is 9.78 Å². The maximum atomic E-state index is 6.37. The molecule has 28 heavy (non-hydrogen) atoms. The summed E-state index contributed by atoms with van der Waals surface area (Å²) < 4.78 is 0. The molecule has 154 valence electrons. The highest BCUT2D eigenvalue weighted by molar-refractivity contribution is 6.34. The fourth-order valence-electron chi connectivity index (χ4n) is 2.76. The molecule has 0 bridgehead atoms. The van der Waals surface area contributed by atoms with E-state index in [1.54, 1.807) is 0 Å². The quantitative estimate of drug-likeness (QED) is 0.155. The molecule has 0 radical (unpaired) electrons. The van der Waals surface area contributed by atoms with Crippen LogP contribution in [0.25, 0.3) is 11.4 Å². The lowest BCUT2D eigenvalue weighted by molar-refractivity contribution is -0.207. The van der Waals surface area contributed by atoms with E-state index >= 15 is 0 Å². The van der Waals surface area contributed by atoms with E-state index in [2.05, 4.69) is 30.7 Å². The van der Waals surface area contributed by atoms with Gasteiger partial charge in [-0.2, -0.15) is 4.89 Å². The molecule has 1 aromatic carbocycles. The molecule has 0 amide bonds. The van der Waals surface area contributed by atoms with E-state index in [0.29, 0.717) is 34.4 Å². The predicted molar refractivity (Wildman–Crippen MR) is 116 cm³/mol. The molecule has 1 atom stereocenters. The summed E-state index contributed by atoms with van der Waals surface area (Å²) in [6.45, 7) is 7.10. The number of hydrogen-bond donors (Lipinski definition) is 0. The van der Waals surface area contributed by atoms with Crippen LogP contribution in [0.5, 0.6) is 5.75 Å². The van der Waals surface area contributed by atoms with E-state index in [0.717, 1.165) is 30.4 Å². The van der Waals surface area contributed by atoms with Crippen LogP contribution in [0.4, 0.5) is 0 Å². The van der Waals surface area contributed by atoms with Crippen molar-refractivity contribution in [3.63, 3.8) is 0 Å². The SMILES string of the molecule is CCCCCCCOOc1ccc(-c2nc(Cl)c(CC(C)CC)c(Cl)n2)cc1. The van der Waals surface area contributed by atoms with Crippen LogP contribution in [-0.4, -0.2) is 16.6 Å². The molecule has 0 fully saturated rings. The third-order valence-corrected chi connectivity index (χ3v) is 5.38. The fraction of sp³-hybridized carbons (Fsp3) is 0.545. The zero-order chi connectivity index (χ0) is 20.4. The normalized spacial score (nSPS) is 12.2. The number of rotatable bonds is 12. The third kappa shape index (κ3) is 7.23.